The maximum atomic E-state index is 8.38. The van der Waals surface area contributed by atoms with Crippen molar-refractivity contribution in [1.82, 2.24) is 59.8 Å². The van der Waals surface area contributed by atoms with Gasteiger partial charge in [-0.1, -0.05) is 181 Å². The van der Waals surface area contributed by atoms with E-state index in [0.29, 0.717) is 73.2 Å². The first kappa shape index (κ1) is 73.5. The molecule has 16 heterocycles. The summed E-state index contributed by atoms with van der Waals surface area (Å²) in [5, 5.41) is 4.13. The first-order valence-corrected chi connectivity index (χ1v) is 45.7. The Hall–Kier alpha value is -14.6. The van der Waals surface area contributed by atoms with Crippen LogP contribution in [0.25, 0.3) is 178 Å². The van der Waals surface area contributed by atoms with Gasteiger partial charge in [-0.15, -0.1) is 215 Å². The van der Waals surface area contributed by atoms with Gasteiger partial charge in [0.1, 0.15) is 0 Å². The molecule has 150 heavy (non-hydrogen) atoms. The van der Waals surface area contributed by atoms with E-state index in [-0.39, 0.29) is 192 Å². The molecule has 24 rings (SSSR count). The summed E-state index contributed by atoms with van der Waals surface area (Å²) in [6.07, 6.45) is 11.5. The summed E-state index contributed by atoms with van der Waals surface area (Å²) in [5.74, 6) is -4.29. The quantitative estimate of drug-likeness (QED) is 0.117. The van der Waals surface area contributed by atoms with Crippen LogP contribution in [0.2, 0.25) is 0 Å². The molecule has 0 fully saturated rings. The molecule has 0 aliphatic heterocycles. The summed E-state index contributed by atoms with van der Waals surface area (Å²) >= 11 is 0. The van der Waals surface area contributed by atoms with Crippen LogP contribution in [0, 0.1) is 159 Å². The molecule has 20 heteroatoms. The van der Waals surface area contributed by atoms with E-state index in [1.54, 1.807) is 130 Å². The predicted octanol–water partition coefficient (Wildman–Crippen LogP) is 32.7. The summed E-state index contributed by atoms with van der Waals surface area (Å²) < 4.78 is 295. The number of rotatable bonds is 10. The van der Waals surface area contributed by atoms with Gasteiger partial charge in [-0.2, -0.15) is 0 Å². The second-order valence-electron chi connectivity index (χ2n) is 33.6. The van der Waals surface area contributed by atoms with Gasteiger partial charge >= 0.3 is 0 Å². The third-order valence-corrected chi connectivity index (χ3v) is 23.0. The zero-order valence-corrected chi connectivity index (χ0v) is 91.3. The van der Waals surface area contributed by atoms with E-state index < -0.39 is 87.2 Å². The minimum Gasteiger partial charge on any atom is -0.486 e. The fraction of sp³-hybridized carbons (Fsp3) is 0.169. The second-order valence-corrected chi connectivity index (χ2v) is 33.6. The Balaban J connectivity index is 0.000000174. The van der Waals surface area contributed by atoms with E-state index in [4.69, 9.17) is 65.6 Å². The molecule has 0 aliphatic carbocycles. The number of benzene rings is 8. The van der Waals surface area contributed by atoms with Crippen LogP contribution in [0.5, 0.6) is 0 Å². The van der Waals surface area contributed by atoms with Crippen LogP contribution < -0.4 is 0 Å². The van der Waals surface area contributed by atoms with Gasteiger partial charge in [0.05, 0.1) is 22.3 Å². The molecule has 0 aliphatic rings. The normalized spacial score (nSPS) is 15.9. The second kappa shape index (κ2) is 51.5. The molecule has 16 nitrogen and oxygen atoms in total. The molecule has 0 amide bonds. The minimum atomic E-state index is -2.73. The van der Waals surface area contributed by atoms with Crippen LogP contribution in [0.1, 0.15) is 188 Å². The van der Waals surface area contributed by atoms with Crippen molar-refractivity contribution in [3.05, 3.63) is 454 Å². The van der Waals surface area contributed by atoms with E-state index in [0.717, 1.165) is 94.7 Å². The first-order valence-electron chi connectivity index (χ1n) is 63.2. The Morgan fingerprint density at radius 2 is 0.587 bits per heavy atom. The van der Waals surface area contributed by atoms with E-state index in [1.807, 2.05) is 155 Å². The molecular weight excluding hydrogens is 2560 g/mol. The van der Waals surface area contributed by atoms with Gasteiger partial charge < -0.3 is 57.5 Å². The molecule has 0 N–H and O–H groups in total. The Morgan fingerprint density at radius 3 is 0.927 bits per heavy atom. The predicted molar refractivity (Wildman–Crippen MR) is 592 cm³/mol. The number of hydrogen-bond donors (Lipinski definition) is 0. The molecule has 2 unspecified atom stereocenters. The summed E-state index contributed by atoms with van der Waals surface area (Å²) in [6, 6.07) is 98.6. The molecule has 24 aromatic rings. The van der Waals surface area contributed by atoms with Crippen molar-refractivity contribution in [1.29, 1.82) is 0 Å². The van der Waals surface area contributed by atoms with Crippen molar-refractivity contribution < 1.29 is 146 Å². The van der Waals surface area contributed by atoms with Gasteiger partial charge in [-0.25, -0.2) is 19.9 Å². The molecule has 2 atom stereocenters. The van der Waals surface area contributed by atoms with Crippen LogP contribution in [0.15, 0.2) is 322 Å². The topological polar surface area (TPSA) is 207 Å². The fourth-order valence-electron chi connectivity index (χ4n) is 16.2. The van der Waals surface area contributed by atoms with Gasteiger partial charge in [0, 0.05) is 222 Å². The van der Waals surface area contributed by atoms with Crippen molar-refractivity contribution in [2.24, 2.45) is 0 Å². The molecule has 0 saturated heterocycles. The molecule has 0 spiro atoms. The SMILES string of the molecule is [2H]C([2H])([2H])c1cc(-c2[c-]ccc3c2oc2nc(C)cc(C)c23)ncc1C([2H])(C)C([2H])([2H])[2H].[2H]C([2H])([2H])c1cc(-c2[c-]ccc3c2oc2nc(C)cc(C)c23)ncc1C([2H])(C)C([2H])([2H])[2H].[2H]C([2H])([2H])c1cc(C)nc2oc3c(-c4ccccn4)[c-]cc(C([2H])([2H])[2H])c3c12.[2H]C([2H])([2H])c1cc(C)nc2oc3c(-c4ccccn4)[c-]cc(C([2H])([2H])[2H])c3c12.[2H]C([2H])([2H])c1ccc(-c2[c-]cccc2)nc1.[2H]C([2H])([2H])c1ccc(-c2[c-]cccc2)nc1.[2H]C([2H])([2H])c1cnc(-c2[c-]cccc2)cc1C.[Ir].[Ir].[Ir].[Ir].[c-]1ccccc1-c1ccccn1. The number of pyridine rings is 12. The molecule has 0 saturated carbocycles. The van der Waals surface area contributed by atoms with Gasteiger partial charge in [-0.05, 0) is 246 Å². The zero-order chi connectivity index (χ0) is 132. The summed E-state index contributed by atoms with van der Waals surface area (Å²) in [4.78, 5) is 51.4. The smallest absolute Gasteiger partial charge is 0.216 e. The Labute approximate surface area is 981 Å². The van der Waals surface area contributed by atoms with Crippen LogP contribution in [0.4, 0.5) is 0 Å². The maximum Gasteiger partial charge on any atom is 0.216 e. The van der Waals surface area contributed by atoms with Crippen molar-refractivity contribution in [3.8, 4) is 90.1 Å². The van der Waals surface area contributed by atoms with Gasteiger partial charge in [0.2, 0.25) is 22.9 Å². The van der Waals surface area contributed by atoms with E-state index in [2.05, 4.69) is 108 Å². The van der Waals surface area contributed by atoms with Crippen molar-refractivity contribution in [2.75, 3.05) is 0 Å². The van der Waals surface area contributed by atoms with Crippen molar-refractivity contribution >= 4 is 88.3 Å². The third kappa shape index (κ3) is 26.2. The fourth-order valence-corrected chi connectivity index (χ4v) is 16.2. The number of nitrogens with zero attached hydrogens (tertiary/aromatic N) is 12. The Morgan fingerprint density at radius 1 is 0.253 bits per heavy atom. The van der Waals surface area contributed by atoms with Gasteiger partial charge in [0.15, 0.2) is 0 Å². The van der Waals surface area contributed by atoms with Crippen LogP contribution in [-0.2, 0) is 80.4 Å². The van der Waals surface area contributed by atoms with Crippen molar-refractivity contribution in [3.63, 3.8) is 0 Å². The van der Waals surface area contributed by atoms with Gasteiger partial charge in [-0.3, -0.25) is 0 Å². The molecule has 4 radical (unpaired) electrons. The summed E-state index contributed by atoms with van der Waals surface area (Å²) in [5.41, 5.74) is 17.9. The standard InChI is InChI=1S/2C22H21N2O.2C19H15N2O.C13H12N.2C12H10N.C11H8N.4Ir/c2*1-12(2)18-11-23-19(10-13(18)3)16-7-6-8-17-20-14(4)9-15(5)24-22(20)25-21(16)17;2*1-11-7-8-14(15-6-4-5-9-20-15)18-16(11)17-12(2)10-13(3)21-19(17)22-18;1-10-8-13(14-9-11(10)2)12-6-4-3-5-7-12;2*1-10-7-8-12(13-9-10)11-5-3-2-4-6-11;1-2-6-10(7-3-1)11-8-4-5-9-12-11;;;;/h2*6,8-12H,1-5H3;2*4-7,9-10H,1-3H3;3-6,8-9H,1-2H3;2*2-5,7-9H,1H3;1-6,8-9H;;;;/q8*-1;;;;/i2*1D3,3D3,12D;2*1D3,2D3;2D3;2*1D3;;;;;. The number of fused-ring (bicyclic) bond motifs is 12. The monoisotopic (exact) mass is 2710 g/mol. The molecule has 8 aromatic carbocycles. The largest absolute Gasteiger partial charge is 0.486 e. The number of hydrogen-bond acceptors (Lipinski definition) is 16. The van der Waals surface area contributed by atoms with Gasteiger partial charge in [0.25, 0.3) is 0 Å². The van der Waals surface area contributed by atoms with E-state index >= 15 is 0 Å². The van der Waals surface area contributed by atoms with Crippen LogP contribution in [-0.4, -0.2) is 59.8 Å². The Bertz CT molecular complexity index is 9720. The Kier molecular flexibility index (Phi) is 25.2. The van der Waals surface area contributed by atoms with Crippen LogP contribution >= 0.6 is 0 Å². The maximum absolute atomic E-state index is 8.38. The molecule has 0 bridgehead atoms. The molecule has 16 aromatic heterocycles. The zero-order valence-electron chi connectivity index (χ0n) is 117. The summed E-state index contributed by atoms with van der Waals surface area (Å²) in [6.45, 7) is -11.8. The minimum absolute atomic E-state index is 0. The van der Waals surface area contributed by atoms with Crippen molar-refractivity contribution in [2.45, 2.75) is 149 Å². The first-order chi connectivity index (χ1) is 84.7. The van der Waals surface area contributed by atoms with Crippen LogP contribution in [0.3, 0.4) is 0 Å². The van der Waals surface area contributed by atoms with E-state index in [9.17, 15) is 0 Å². The number of aryl methyl sites for hydroxylation is 16. The molecular formula is C130H112Ir4N12O4-8. The molecule has 760 valence electrons. The number of furan rings is 4. The number of aromatic nitrogens is 12. The van der Waals surface area contributed by atoms with E-state index in [1.165, 1.54) is 81.2 Å². The summed E-state index contributed by atoms with van der Waals surface area (Å²) in [7, 11) is 0. The average Bonchev–Trinajstić information content (AvgIpc) is 1.57. The third-order valence-electron chi connectivity index (χ3n) is 23.0. The average molecular weight is 2710 g/mol.